The van der Waals surface area contributed by atoms with E-state index in [-0.39, 0.29) is 56.9 Å². The van der Waals surface area contributed by atoms with Gasteiger partial charge in [-0.1, -0.05) is 31.4 Å². The maximum absolute atomic E-state index is 12.6. The molecule has 0 saturated carbocycles. The smallest absolute Gasteiger partial charge is 0.494 e. The fourth-order valence-electron chi connectivity index (χ4n) is 1.65. The van der Waals surface area contributed by atoms with Crippen molar-refractivity contribution in [2.75, 3.05) is 6.61 Å². The van der Waals surface area contributed by atoms with E-state index in [4.69, 9.17) is 4.74 Å². The zero-order chi connectivity index (χ0) is 12.9. The van der Waals surface area contributed by atoms with E-state index >= 15 is 0 Å². The molecule has 1 rings (SSSR count). The molecule has 1 aromatic rings. The first-order valence-electron chi connectivity index (χ1n) is 5.88. The van der Waals surface area contributed by atoms with Crippen molar-refractivity contribution in [2.24, 2.45) is 0 Å². The van der Waals surface area contributed by atoms with Crippen LogP contribution in [0.1, 0.15) is 31.7 Å². The topological polar surface area (TPSA) is 9.23 Å². The molecule has 0 saturated heterocycles. The second-order valence-electron chi connectivity index (χ2n) is 4.15. The number of hydrogen-bond acceptors (Lipinski definition) is 1. The van der Waals surface area contributed by atoms with Crippen molar-refractivity contribution >= 4 is 12.4 Å². The van der Waals surface area contributed by atoms with Crippen LogP contribution in [0.2, 0.25) is 0 Å². The quantitative estimate of drug-likeness (QED) is 0.550. The van der Waals surface area contributed by atoms with Crippen LogP contribution < -0.4 is 61.6 Å². The van der Waals surface area contributed by atoms with Gasteiger partial charge >= 0.3 is 58.4 Å². The van der Waals surface area contributed by atoms with Crippen molar-refractivity contribution in [1.82, 2.24) is 0 Å². The van der Waals surface area contributed by atoms with Gasteiger partial charge in [-0.2, -0.15) is 0 Å². The maximum Gasteiger partial charge on any atom is 1.00 e. The molecule has 0 amide bonds. The third-order valence-electron chi connectivity index (χ3n) is 2.61. The second-order valence-corrected chi connectivity index (χ2v) is 4.15. The predicted octanol–water partition coefficient (Wildman–Crippen LogP) is 0.622. The number of ether oxygens (including phenoxy) is 1. The van der Waals surface area contributed by atoms with Crippen LogP contribution in [0.4, 0.5) is 12.9 Å². The Morgan fingerprint density at radius 3 is 2.33 bits per heavy atom. The maximum atomic E-state index is 12.6. The minimum absolute atomic E-state index is 0. The Labute approximate surface area is 149 Å². The van der Waals surface area contributed by atoms with E-state index in [2.05, 4.69) is 6.92 Å². The van der Waals surface area contributed by atoms with Crippen molar-refractivity contribution in [2.45, 2.75) is 33.1 Å². The van der Waals surface area contributed by atoms with E-state index < -0.39 is 12.4 Å². The number of unbranched alkanes of at least 4 members (excludes halogenated alkanes) is 2. The Hall–Kier alpha value is 0.511. The van der Waals surface area contributed by atoms with Crippen LogP contribution in [0.15, 0.2) is 18.2 Å². The van der Waals surface area contributed by atoms with E-state index in [9.17, 15) is 12.9 Å². The number of hydrogen-bond donors (Lipinski definition) is 0. The fourth-order valence-corrected chi connectivity index (χ4v) is 1.65. The van der Waals surface area contributed by atoms with Crippen molar-refractivity contribution in [3.63, 3.8) is 0 Å². The molecule has 0 N–H and O–H groups in total. The Morgan fingerprint density at radius 1 is 1.17 bits per heavy atom. The van der Waals surface area contributed by atoms with E-state index in [1.807, 2.05) is 0 Å². The molecule has 6 heteroatoms. The SMILES string of the molecule is CCCCCOc1ccc([B-](F)(F)F)c(C)c1.[K+]. The van der Waals surface area contributed by atoms with E-state index in [1.165, 1.54) is 19.1 Å². The number of halogens is 3. The van der Waals surface area contributed by atoms with Crippen LogP contribution in [0, 0.1) is 6.92 Å². The summed E-state index contributed by atoms with van der Waals surface area (Å²) >= 11 is 0. The molecule has 0 radical (unpaired) electrons. The summed E-state index contributed by atoms with van der Waals surface area (Å²) < 4.78 is 43.1. The minimum Gasteiger partial charge on any atom is -0.494 e. The number of rotatable bonds is 6. The summed E-state index contributed by atoms with van der Waals surface area (Å²) in [6.07, 6.45) is 3.10. The first-order chi connectivity index (χ1) is 7.95. The van der Waals surface area contributed by atoms with Gasteiger partial charge in [-0.25, -0.2) is 0 Å². The van der Waals surface area contributed by atoms with Gasteiger partial charge in [0.15, 0.2) is 0 Å². The summed E-state index contributed by atoms with van der Waals surface area (Å²) in [5.41, 5.74) is -0.309. The van der Waals surface area contributed by atoms with Gasteiger partial charge in [-0.15, -0.1) is 5.46 Å². The third-order valence-corrected chi connectivity index (χ3v) is 2.61. The molecule has 0 fully saturated rings. The average molecular weight is 284 g/mol. The molecule has 96 valence electrons. The first-order valence-corrected chi connectivity index (χ1v) is 5.88. The molecule has 0 aliphatic heterocycles. The van der Waals surface area contributed by atoms with Crippen LogP contribution in [-0.2, 0) is 0 Å². The van der Waals surface area contributed by atoms with Gasteiger partial charge in [-0.05, 0) is 25.5 Å². The Morgan fingerprint density at radius 2 is 1.83 bits per heavy atom. The zero-order valence-electron chi connectivity index (χ0n) is 11.2. The van der Waals surface area contributed by atoms with Crippen LogP contribution >= 0.6 is 0 Å². The van der Waals surface area contributed by atoms with E-state index in [0.29, 0.717) is 12.4 Å². The first kappa shape index (κ1) is 18.5. The van der Waals surface area contributed by atoms with E-state index in [1.54, 1.807) is 0 Å². The predicted molar refractivity (Wildman–Crippen MR) is 64.9 cm³/mol. The van der Waals surface area contributed by atoms with Crippen molar-refractivity contribution < 1.29 is 69.1 Å². The average Bonchev–Trinajstić information content (AvgIpc) is 2.23. The van der Waals surface area contributed by atoms with Crippen molar-refractivity contribution in [3.05, 3.63) is 23.8 Å². The van der Waals surface area contributed by atoms with Gasteiger partial charge in [-0.3, -0.25) is 0 Å². The molecular weight excluding hydrogens is 267 g/mol. The van der Waals surface area contributed by atoms with Crippen LogP contribution in [0.5, 0.6) is 5.75 Å². The van der Waals surface area contributed by atoms with Crippen molar-refractivity contribution in [3.8, 4) is 5.75 Å². The number of benzene rings is 1. The van der Waals surface area contributed by atoms with Crippen molar-refractivity contribution in [1.29, 1.82) is 0 Å². The summed E-state index contributed by atoms with van der Waals surface area (Å²) in [5.74, 6) is 0.516. The third kappa shape index (κ3) is 6.10. The van der Waals surface area contributed by atoms with Crippen LogP contribution in [0.25, 0.3) is 0 Å². The number of aryl methyl sites for hydroxylation is 1. The molecule has 1 aromatic carbocycles. The van der Waals surface area contributed by atoms with Gasteiger partial charge in [0.2, 0.25) is 0 Å². The summed E-state index contributed by atoms with van der Waals surface area (Å²) in [5, 5.41) is 0. The standard InChI is InChI=1S/C12H17BF3O.K/c1-3-4-5-8-17-11-6-7-12(10(2)9-11)13(14,15)16;/h6-7,9H,3-5,8H2,1-2H3;/q-1;+1. The molecule has 0 aliphatic carbocycles. The molecule has 0 atom stereocenters. The monoisotopic (exact) mass is 284 g/mol. The summed E-state index contributed by atoms with van der Waals surface area (Å²) in [6, 6.07) is 3.95. The largest absolute Gasteiger partial charge is 1.00 e. The van der Waals surface area contributed by atoms with Crippen LogP contribution in [0.3, 0.4) is 0 Å². The Balaban J connectivity index is 0.00000289. The fraction of sp³-hybridized carbons (Fsp3) is 0.500. The molecule has 0 bridgehead atoms. The molecule has 0 unspecified atom stereocenters. The summed E-state index contributed by atoms with van der Waals surface area (Å²) in [4.78, 5) is 0. The molecular formula is C12H17BF3KO. The van der Waals surface area contributed by atoms with Gasteiger partial charge in [0.1, 0.15) is 5.75 Å². The van der Waals surface area contributed by atoms with E-state index in [0.717, 1.165) is 25.3 Å². The molecule has 0 aliphatic rings. The molecule has 0 spiro atoms. The Bertz CT molecular complexity index is 369. The molecule has 0 heterocycles. The van der Waals surface area contributed by atoms with Gasteiger partial charge < -0.3 is 17.7 Å². The van der Waals surface area contributed by atoms with Gasteiger partial charge in [0.05, 0.1) is 6.61 Å². The molecule has 0 aromatic heterocycles. The second kappa shape index (κ2) is 8.64. The minimum atomic E-state index is -4.92. The summed E-state index contributed by atoms with van der Waals surface area (Å²) in [6.45, 7) is -0.814. The molecule has 1 nitrogen and oxygen atoms in total. The van der Waals surface area contributed by atoms with Gasteiger partial charge in [0, 0.05) is 0 Å². The zero-order valence-corrected chi connectivity index (χ0v) is 14.3. The molecule has 18 heavy (non-hydrogen) atoms. The van der Waals surface area contributed by atoms with Gasteiger partial charge in [0.25, 0.3) is 0 Å². The Kier molecular flexibility index (Phi) is 8.88. The normalized spacial score (nSPS) is 10.9. The van der Waals surface area contributed by atoms with Crippen LogP contribution in [-0.4, -0.2) is 13.6 Å². The summed E-state index contributed by atoms with van der Waals surface area (Å²) in [7, 11) is 0.